The van der Waals surface area contributed by atoms with Crippen molar-refractivity contribution in [1.82, 2.24) is 14.5 Å². The molecule has 3 heterocycles. The van der Waals surface area contributed by atoms with E-state index in [-0.39, 0.29) is 5.56 Å². The van der Waals surface area contributed by atoms with Crippen LogP contribution in [0.25, 0.3) is 10.9 Å². The van der Waals surface area contributed by atoms with Crippen molar-refractivity contribution < 1.29 is 9.47 Å². The molecule has 0 saturated carbocycles. The van der Waals surface area contributed by atoms with E-state index in [1.54, 1.807) is 18.0 Å². The SMILES string of the molecule is COCCn1cnc2cc(N3CCN(CC4CCOC4)CC3)ccc2c1=O. The fraction of sp³-hybridized carbons (Fsp3) is 0.600. The van der Waals surface area contributed by atoms with Gasteiger partial charge in [0.05, 0.1) is 37.0 Å². The number of piperazine rings is 1. The highest BCUT2D eigenvalue weighted by Crippen LogP contribution is 2.21. The molecule has 0 aliphatic carbocycles. The van der Waals surface area contributed by atoms with Gasteiger partial charge < -0.3 is 14.4 Å². The maximum atomic E-state index is 12.6. The van der Waals surface area contributed by atoms with E-state index in [9.17, 15) is 4.79 Å². The average molecular weight is 372 g/mol. The summed E-state index contributed by atoms with van der Waals surface area (Å²) in [7, 11) is 1.63. The molecule has 27 heavy (non-hydrogen) atoms. The van der Waals surface area contributed by atoms with E-state index in [1.807, 2.05) is 18.2 Å². The molecule has 2 aliphatic rings. The highest BCUT2D eigenvalue weighted by molar-refractivity contribution is 5.81. The maximum Gasteiger partial charge on any atom is 0.261 e. The predicted octanol–water partition coefficient (Wildman–Crippen LogP) is 1.20. The molecule has 4 rings (SSSR count). The Bertz CT molecular complexity index is 824. The van der Waals surface area contributed by atoms with Crippen molar-refractivity contribution in [1.29, 1.82) is 0 Å². The van der Waals surface area contributed by atoms with Gasteiger partial charge in [0.15, 0.2) is 0 Å². The molecule has 1 aromatic heterocycles. The molecule has 2 aliphatic heterocycles. The number of aromatic nitrogens is 2. The van der Waals surface area contributed by atoms with Crippen molar-refractivity contribution in [3.8, 4) is 0 Å². The number of rotatable bonds is 6. The highest BCUT2D eigenvalue weighted by atomic mass is 16.5. The Morgan fingerprint density at radius 3 is 2.85 bits per heavy atom. The molecule has 2 saturated heterocycles. The normalized spacial score (nSPS) is 21.2. The monoisotopic (exact) mass is 372 g/mol. The first-order chi connectivity index (χ1) is 13.2. The highest BCUT2D eigenvalue weighted by Gasteiger charge is 2.23. The van der Waals surface area contributed by atoms with Crippen LogP contribution in [0.4, 0.5) is 5.69 Å². The van der Waals surface area contributed by atoms with Gasteiger partial charge in [-0.2, -0.15) is 0 Å². The van der Waals surface area contributed by atoms with Crippen molar-refractivity contribution in [3.63, 3.8) is 0 Å². The summed E-state index contributed by atoms with van der Waals surface area (Å²) in [4.78, 5) is 22.0. The van der Waals surface area contributed by atoms with Gasteiger partial charge in [-0.15, -0.1) is 0 Å². The summed E-state index contributed by atoms with van der Waals surface area (Å²) in [5.41, 5.74) is 1.90. The Morgan fingerprint density at radius 1 is 1.26 bits per heavy atom. The Hall–Kier alpha value is -1.96. The summed E-state index contributed by atoms with van der Waals surface area (Å²) in [5, 5.41) is 0.664. The minimum Gasteiger partial charge on any atom is -0.383 e. The number of ether oxygens (including phenoxy) is 2. The first-order valence-corrected chi connectivity index (χ1v) is 9.78. The van der Waals surface area contributed by atoms with Crippen LogP contribution in [0.15, 0.2) is 29.3 Å². The van der Waals surface area contributed by atoms with Crippen LogP contribution >= 0.6 is 0 Å². The lowest BCUT2D eigenvalue weighted by atomic mass is 10.1. The lowest BCUT2D eigenvalue weighted by Crippen LogP contribution is -2.47. The summed E-state index contributed by atoms with van der Waals surface area (Å²) in [6.07, 6.45) is 2.81. The van der Waals surface area contributed by atoms with E-state index in [1.165, 1.54) is 6.42 Å². The molecule has 2 fully saturated rings. The molecule has 0 N–H and O–H groups in total. The van der Waals surface area contributed by atoms with Gasteiger partial charge in [-0.25, -0.2) is 4.98 Å². The molecule has 2 aromatic rings. The van der Waals surface area contributed by atoms with Crippen LogP contribution in [0.5, 0.6) is 0 Å². The summed E-state index contributed by atoms with van der Waals surface area (Å²) in [6, 6.07) is 6.00. The fourth-order valence-corrected chi connectivity index (χ4v) is 3.97. The Labute approximate surface area is 159 Å². The second kappa shape index (κ2) is 8.37. The van der Waals surface area contributed by atoms with E-state index in [0.29, 0.717) is 24.5 Å². The van der Waals surface area contributed by atoms with Gasteiger partial charge in [-0.3, -0.25) is 14.3 Å². The molecule has 0 bridgehead atoms. The first-order valence-electron chi connectivity index (χ1n) is 9.78. The molecular weight excluding hydrogens is 344 g/mol. The Kier molecular flexibility index (Phi) is 5.71. The zero-order valence-corrected chi connectivity index (χ0v) is 16.0. The summed E-state index contributed by atoms with van der Waals surface area (Å²) >= 11 is 0. The van der Waals surface area contributed by atoms with E-state index >= 15 is 0 Å². The second-order valence-corrected chi connectivity index (χ2v) is 7.45. The van der Waals surface area contributed by atoms with Crippen LogP contribution in [0, 0.1) is 5.92 Å². The van der Waals surface area contributed by atoms with Crippen LogP contribution in [-0.4, -0.2) is 74.1 Å². The van der Waals surface area contributed by atoms with Crippen molar-refractivity contribution in [2.24, 2.45) is 5.92 Å². The van der Waals surface area contributed by atoms with Crippen molar-refractivity contribution in [2.75, 3.05) is 64.6 Å². The predicted molar refractivity (Wildman–Crippen MR) is 105 cm³/mol. The lowest BCUT2D eigenvalue weighted by Gasteiger charge is -2.37. The van der Waals surface area contributed by atoms with Crippen LogP contribution in [0.2, 0.25) is 0 Å². The molecule has 7 nitrogen and oxygen atoms in total. The van der Waals surface area contributed by atoms with E-state index in [4.69, 9.17) is 9.47 Å². The molecule has 1 unspecified atom stereocenters. The quantitative estimate of drug-likeness (QED) is 0.760. The lowest BCUT2D eigenvalue weighted by molar-refractivity contribution is 0.164. The molecule has 7 heteroatoms. The van der Waals surface area contributed by atoms with Crippen LogP contribution in [0.1, 0.15) is 6.42 Å². The van der Waals surface area contributed by atoms with Crippen molar-refractivity contribution in [3.05, 3.63) is 34.9 Å². The minimum atomic E-state index is -0.00722. The standard InChI is InChI=1S/C20H28N4O3/c1-26-11-9-24-15-21-19-12-17(2-3-18(19)20(24)25)23-7-5-22(6-8-23)13-16-4-10-27-14-16/h2-3,12,15-16H,4-11,13-14H2,1H3. The van der Waals surface area contributed by atoms with Gasteiger partial charge in [-0.05, 0) is 30.5 Å². The molecule has 146 valence electrons. The maximum absolute atomic E-state index is 12.6. The van der Waals surface area contributed by atoms with Gasteiger partial charge in [0.1, 0.15) is 0 Å². The Balaban J connectivity index is 1.42. The van der Waals surface area contributed by atoms with Gasteiger partial charge >= 0.3 is 0 Å². The van der Waals surface area contributed by atoms with Crippen LogP contribution in [-0.2, 0) is 16.0 Å². The summed E-state index contributed by atoms with van der Waals surface area (Å²) in [6.45, 7) is 8.15. The molecular formula is C20H28N4O3. The van der Waals surface area contributed by atoms with Gasteiger partial charge in [0, 0.05) is 52.1 Å². The molecule has 1 aromatic carbocycles. The topological polar surface area (TPSA) is 59.8 Å². The molecule has 1 atom stereocenters. The molecule has 0 radical (unpaired) electrons. The van der Waals surface area contributed by atoms with Gasteiger partial charge in [0.2, 0.25) is 0 Å². The van der Waals surface area contributed by atoms with Gasteiger partial charge in [0.25, 0.3) is 5.56 Å². The number of methoxy groups -OCH3 is 1. The van der Waals surface area contributed by atoms with Gasteiger partial charge in [-0.1, -0.05) is 0 Å². The van der Waals surface area contributed by atoms with Crippen LogP contribution < -0.4 is 10.5 Å². The third kappa shape index (κ3) is 4.15. The number of benzene rings is 1. The number of nitrogens with zero attached hydrogens (tertiary/aromatic N) is 4. The average Bonchev–Trinajstić information content (AvgIpc) is 3.21. The fourth-order valence-electron chi connectivity index (χ4n) is 3.97. The number of fused-ring (bicyclic) bond motifs is 1. The Morgan fingerprint density at radius 2 is 2.11 bits per heavy atom. The molecule has 0 spiro atoms. The summed E-state index contributed by atoms with van der Waals surface area (Å²) in [5.74, 6) is 0.696. The van der Waals surface area contributed by atoms with E-state index < -0.39 is 0 Å². The van der Waals surface area contributed by atoms with E-state index in [2.05, 4.69) is 14.8 Å². The van der Waals surface area contributed by atoms with Crippen molar-refractivity contribution in [2.45, 2.75) is 13.0 Å². The van der Waals surface area contributed by atoms with E-state index in [0.717, 1.165) is 57.1 Å². The second-order valence-electron chi connectivity index (χ2n) is 7.45. The summed E-state index contributed by atoms with van der Waals surface area (Å²) < 4.78 is 12.2. The smallest absolute Gasteiger partial charge is 0.261 e. The third-order valence-electron chi connectivity index (χ3n) is 5.62. The number of anilines is 1. The van der Waals surface area contributed by atoms with Crippen LogP contribution in [0.3, 0.4) is 0 Å². The third-order valence-corrected chi connectivity index (χ3v) is 5.62. The zero-order chi connectivity index (χ0) is 18.6. The first kappa shape index (κ1) is 18.4. The van der Waals surface area contributed by atoms with Crippen molar-refractivity contribution >= 4 is 16.6 Å². The number of hydrogen-bond donors (Lipinski definition) is 0. The largest absolute Gasteiger partial charge is 0.383 e. The number of hydrogen-bond acceptors (Lipinski definition) is 6. The minimum absolute atomic E-state index is 0.00722. The zero-order valence-electron chi connectivity index (χ0n) is 16.0. The molecule has 0 amide bonds.